The Kier molecular flexibility index (Phi) is 5.27. The quantitative estimate of drug-likeness (QED) is 0.607. The Labute approximate surface area is 149 Å². The molecule has 0 unspecified atom stereocenters. The zero-order valence-electron chi connectivity index (χ0n) is 13.0. The molecule has 3 rings (SSSR count). The Bertz CT molecular complexity index is 929. The van der Waals surface area contributed by atoms with Gasteiger partial charge in [0.1, 0.15) is 5.82 Å². The van der Waals surface area contributed by atoms with Crippen LogP contribution in [0.25, 0.3) is 5.82 Å². The van der Waals surface area contributed by atoms with Crippen LogP contribution in [0.4, 0.5) is 5.82 Å². The highest BCUT2D eigenvalue weighted by Gasteiger charge is 2.13. The highest BCUT2D eigenvalue weighted by Crippen LogP contribution is 2.15. The molecule has 2 N–H and O–H groups in total. The van der Waals surface area contributed by atoms with Gasteiger partial charge in [0.25, 0.3) is 0 Å². The molecular formula is C15H15ClN6O2S. The summed E-state index contributed by atoms with van der Waals surface area (Å²) in [5.74, 6) is 1.13. The third-order valence-electron chi connectivity index (χ3n) is 3.22. The van der Waals surface area contributed by atoms with Crippen molar-refractivity contribution in [3.05, 3.63) is 59.9 Å². The fraction of sp³-hybridized carbons (Fsp3) is 0.133. The van der Waals surface area contributed by atoms with E-state index in [1.807, 2.05) is 0 Å². The lowest BCUT2D eigenvalue weighted by Crippen LogP contribution is -2.29. The van der Waals surface area contributed by atoms with Gasteiger partial charge in [0.15, 0.2) is 5.82 Å². The van der Waals surface area contributed by atoms with Crippen molar-refractivity contribution in [1.29, 1.82) is 0 Å². The lowest BCUT2D eigenvalue weighted by atomic mass is 10.4. The van der Waals surface area contributed by atoms with E-state index in [0.29, 0.717) is 23.2 Å². The average Bonchev–Trinajstić information content (AvgIpc) is 3.14. The van der Waals surface area contributed by atoms with Crippen LogP contribution in [0.2, 0.25) is 5.02 Å². The predicted octanol–water partition coefficient (Wildman–Crippen LogP) is 1.71. The molecule has 0 saturated heterocycles. The molecule has 10 heteroatoms. The summed E-state index contributed by atoms with van der Waals surface area (Å²) < 4.78 is 28.4. The van der Waals surface area contributed by atoms with E-state index < -0.39 is 10.0 Å². The molecule has 1 aromatic carbocycles. The van der Waals surface area contributed by atoms with Crippen molar-refractivity contribution in [3.8, 4) is 5.82 Å². The molecule has 0 amide bonds. The number of hydrogen-bond acceptors (Lipinski definition) is 6. The van der Waals surface area contributed by atoms with E-state index >= 15 is 0 Å². The maximum atomic E-state index is 12.1. The van der Waals surface area contributed by atoms with Gasteiger partial charge in [0.2, 0.25) is 10.0 Å². The number of benzene rings is 1. The molecule has 3 aromatic rings. The summed E-state index contributed by atoms with van der Waals surface area (Å²) in [5.41, 5.74) is 0. The van der Waals surface area contributed by atoms with Crippen molar-refractivity contribution in [1.82, 2.24) is 24.7 Å². The van der Waals surface area contributed by atoms with E-state index in [-0.39, 0.29) is 11.4 Å². The number of rotatable bonds is 7. The van der Waals surface area contributed by atoms with Gasteiger partial charge in [0.05, 0.1) is 4.90 Å². The molecule has 0 radical (unpaired) electrons. The second-order valence-electron chi connectivity index (χ2n) is 5.01. The largest absolute Gasteiger partial charge is 0.367 e. The monoisotopic (exact) mass is 378 g/mol. The van der Waals surface area contributed by atoms with Crippen LogP contribution in [0.1, 0.15) is 0 Å². The lowest BCUT2D eigenvalue weighted by molar-refractivity contribution is 0.583. The predicted molar refractivity (Wildman–Crippen MR) is 94.3 cm³/mol. The number of anilines is 1. The van der Waals surface area contributed by atoms with Gasteiger partial charge < -0.3 is 5.32 Å². The molecule has 0 aliphatic rings. The first-order valence-corrected chi connectivity index (χ1v) is 9.23. The van der Waals surface area contributed by atoms with Crippen LogP contribution in [0.3, 0.4) is 0 Å². The van der Waals surface area contributed by atoms with Crippen molar-refractivity contribution in [3.63, 3.8) is 0 Å². The van der Waals surface area contributed by atoms with Gasteiger partial charge in [-0.1, -0.05) is 17.7 Å². The Balaban J connectivity index is 1.51. The molecule has 0 atom stereocenters. The van der Waals surface area contributed by atoms with Gasteiger partial charge in [-0.3, -0.25) is 0 Å². The van der Waals surface area contributed by atoms with E-state index in [1.165, 1.54) is 12.1 Å². The van der Waals surface area contributed by atoms with Crippen LogP contribution in [0, 0.1) is 0 Å². The van der Waals surface area contributed by atoms with E-state index in [1.54, 1.807) is 47.4 Å². The Morgan fingerprint density at radius 3 is 2.64 bits per heavy atom. The Morgan fingerprint density at radius 1 is 1.08 bits per heavy atom. The van der Waals surface area contributed by atoms with Crippen LogP contribution >= 0.6 is 11.6 Å². The van der Waals surface area contributed by atoms with Crippen molar-refractivity contribution in [2.75, 3.05) is 18.4 Å². The van der Waals surface area contributed by atoms with Gasteiger partial charge in [-0.05, 0) is 36.4 Å². The maximum absolute atomic E-state index is 12.1. The molecule has 2 heterocycles. The lowest BCUT2D eigenvalue weighted by Gasteiger charge is -2.08. The second kappa shape index (κ2) is 7.60. The molecule has 8 nitrogen and oxygen atoms in total. The number of aromatic nitrogens is 4. The average molecular weight is 379 g/mol. The van der Waals surface area contributed by atoms with Gasteiger partial charge in [0, 0.05) is 30.5 Å². The van der Waals surface area contributed by atoms with E-state index in [4.69, 9.17) is 11.6 Å². The molecule has 2 aromatic heterocycles. The topological polar surface area (TPSA) is 102 Å². The summed E-state index contributed by atoms with van der Waals surface area (Å²) in [6.07, 6.45) is 3.42. The number of sulfonamides is 1. The summed E-state index contributed by atoms with van der Waals surface area (Å²) in [6.45, 7) is 0.549. The number of halogens is 1. The second-order valence-corrected chi connectivity index (χ2v) is 7.21. The summed E-state index contributed by atoms with van der Waals surface area (Å²) >= 11 is 5.82. The third-order valence-corrected chi connectivity index (χ3v) is 4.91. The van der Waals surface area contributed by atoms with E-state index in [2.05, 4.69) is 25.3 Å². The van der Waals surface area contributed by atoms with Crippen LogP contribution < -0.4 is 10.0 Å². The summed E-state index contributed by atoms with van der Waals surface area (Å²) in [5, 5.41) is 15.5. The van der Waals surface area contributed by atoms with Gasteiger partial charge in [-0.2, -0.15) is 5.10 Å². The molecule has 0 aliphatic heterocycles. The normalized spacial score (nSPS) is 11.4. The molecule has 0 saturated carbocycles. The minimum absolute atomic E-state index is 0.128. The first-order chi connectivity index (χ1) is 12.0. The highest BCUT2D eigenvalue weighted by atomic mass is 35.5. The van der Waals surface area contributed by atoms with Crippen LogP contribution in [-0.4, -0.2) is 41.5 Å². The van der Waals surface area contributed by atoms with Crippen LogP contribution in [0.15, 0.2) is 59.8 Å². The minimum Gasteiger partial charge on any atom is -0.367 e. The zero-order chi connectivity index (χ0) is 17.7. The molecule has 0 fully saturated rings. The fourth-order valence-electron chi connectivity index (χ4n) is 2.04. The minimum atomic E-state index is -3.60. The van der Waals surface area contributed by atoms with Gasteiger partial charge in [-0.25, -0.2) is 17.8 Å². The van der Waals surface area contributed by atoms with E-state index in [9.17, 15) is 8.42 Å². The molecule has 0 aliphatic carbocycles. The fourth-order valence-corrected chi connectivity index (χ4v) is 3.37. The van der Waals surface area contributed by atoms with Crippen LogP contribution in [0.5, 0.6) is 0 Å². The van der Waals surface area contributed by atoms with Crippen molar-refractivity contribution in [2.24, 2.45) is 0 Å². The Morgan fingerprint density at radius 2 is 1.96 bits per heavy atom. The summed E-state index contributed by atoms with van der Waals surface area (Å²) in [6, 6.07) is 11.4. The number of hydrogen-bond donors (Lipinski definition) is 2. The van der Waals surface area contributed by atoms with Gasteiger partial charge in [-0.15, -0.1) is 10.2 Å². The van der Waals surface area contributed by atoms with E-state index in [0.717, 1.165) is 0 Å². The molecule has 0 bridgehead atoms. The zero-order valence-corrected chi connectivity index (χ0v) is 14.6. The first-order valence-electron chi connectivity index (χ1n) is 7.37. The first kappa shape index (κ1) is 17.3. The van der Waals surface area contributed by atoms with Crippen molar-refractivity contribution in [2.45, 2.75) is 4.90 Å². The van der Waals surface area contributed by atoms with Crippen LogP contribution in [-0.2, 0) is 10.0 Å². The third kappa shape index (κ3) is 4.53. The number of nitrogens with zero attached hydrogens (tertiary/aromatic N) is 4. The SMILES string of the molecule is O=S(=O)(NCCNc1ccc(-n2cccn2)nn1)c1cccc(Cl)c1. The van der Waals surface area contributed by atoms with Gasteiger partial charge >= 0.3 is 0 Å². The Hall–Kier alpha value is -2.49. The summed E-state index contributed by atoms with van der Waals surface area (Å²) in [4.78, 5) is 0.128. The molecule has 25 heavy (non-hydrogen) atoms. The standard InChI is InChI=1S/C15H15ClN6O2S/c16-12-3-1-4-13(11-12)25(23,24)19-9-8-17-14-5-6-15(21-20-14)22-10-2-7-18-22/h1-7,10-11,19H,8-9H2,(H,17,20). The molecule has 130 valence electrons. The maximum Gasteiger partial charge on any atom is 0.240 e. The highest BCUT2D eigenvalue weighted by molar-refractivity contribution is 7.89. The van der Waals surface area contributed by atoms with Crippen molar-refractivity contribution >= 4 is 27.4 Å². The number of nitrogens with one attached hydrogen (secondary N) is 2. The smallest absolute Gasteiger partial charge is 0.240 e. The summed E-state index contributed by atoms with van der Waals surface area (Å²) in [7, 11) is -3.60. The molecule has 0 spiro atoms. The molecular weight excluding hydrogens is 364 g/mol. The van der Waals surface area contributed by atoms with Crippen molar-refractivity contribution < 1.29 is 8.42 Å².